The molecule has 1 atom stereocenters. The fraction of sp³-hybridized carbons (Fsp3) is 0.667. The summed E-state index contributed by atoms with van der Waals surface area (Å²) in [6.45, 7) is 7.80. The van der Waals surface area contributed by atoms with Crippen LogP contribution < -0.4 is 5.32 Å². The van der Waals surface area contributed by atoms with Gasteiger partial charge in [-0.05, 0) is 37.8 Å². The Morgan fingerprint density at radius 2 is 1.77 bits per heavy atom. The molecular formula is C24H38N4O2. The van der Waals surface area contributed by atoms with Gasteiger partial charge in [-0.3, -0.25) is 19.4 Å². The van der Waals surface area contributed by atoms with Gasteiger partial charge in [0.2, 0.25) is 11.8 Å². The molecule has 2 amide bonds. The SMILES string of the molecule is CCc1ccccc1NC(=O)CN1CCN(C(C)C(=O)N(C)C2CCCCC2)CC1. The number of para-hydroxylation sites is 1. The Morgan fingerprint density at radius 1 is 1.10 bits per heavy atom. The van der Waals surface area contributed by atoms with Gasteiger partial charge in [0.25, 0.3) is 0 Å². The minimum absolute atomic E-state index is 0.0329. The summed E-state index contributed by atoms with van der Waals surface area (Å²) in [4.78, 5) is 31.9. The topological polar surface area (TPSA) is 55.9 Å². The molecule has 1 heterocycles. The van der Waals surface area contributed by atoms with Gasteiger partial charge in [-0.15, -0.1) is 0 Å². The first-order valence-corrected chi connectivity index (χ1v) is 11.6. The predicted octanol–water partition coefficient (Wildman–Crippen LogP) is 2.98. The zero-order chi connectivity index (χ0) is 21.5. The maximum absolute atomic E-state index is 13.0. The van der Waals surface area contributed by atoms with Crippen LogP contribution in [0.15, 0.2) is 24.3 Å². The molecule has 166 valence electrons. The highest BCUT2D eigenvalue weighted by atomic mass is 16.2. The lowest BCUT2D eigenvalue weighted by atomic mass is 9.94. The van der Waals surface area contributed by atoms with Crippen LogP contribution in [0, 0.1) is 0 Å². The zero-order valence-electron chi connectivity index (χ0n) is 18.9. The van der Waals surface area contributed by atoms with Crippen molar-refractivity contribution in [2.75, 3.05) is 45.1 Å². The molecule has 1 N–H and O–H groups in total. The first-order valence-electron chi connectivity index (χ1n) is 11.6. The number of hydrogen-bond acceptors (Lipinski definition) is 4. The second-order valence-electron chi connectivity index (χ2n) is 8.79. The molecule has 0 spiro atoms. The van der Waals surface area contributed by atoms with Crippen molar-refractivity contribution in [3.63, 3.8) is 0 Å². The molecule has 2 aliphatic rings. The average Bonchev–Trinajstić information content (AvgIpc) is 2.79. The van der Waals surface area contributed by atoms with E-state index < -0.39 is 0 Å². The van der Waals surface area contributed by atoms with E-state index in [-0.39, 0.29) is 17.9 Å². The molecule has 0 bridgehead atoms. The minimum atomic E-state index is -0.0932. The number of piperazine rings is 1. The number of nitrogens with zero attached hydrogens (tertiary/aromatic N) is 3. The van der Waals surface area contributed by atoms with E-state index in [0.717, 1.165) is 56.7 Å². The van der Waals surface area contributed by atoms with E-state index in [1.165, 1.54) is 19.3 Å². The predicted molar refractivity (Wildman–Crippen MR) is 122 cm³/mol. The molecule has 1 saturated heterocycles. The van der Waals surface area contributed by atoms with E-state index >= 15 is 0 Å². The molecule has 1 saturated carbocycles. The van der Waals surface area contributed by atoms with Gasteiger partial charge in [-0.2, -0.15) is 0 Å². The van der Waals surface area contributed by atoms with Crippen molar-refractivity contribution in [3.05, 3.63) is 29.8 Å². The number of aryl methyl sites for hydroxylation is 1. The molecule has 1 unspecified atom stereocenters. The van der Waals surface area contributed by atoms with Crippen LogP contribution in [0.5, 0.6) is 0 Å². The largest absolute Gasteiger partial charge is 0.341 e. The monoisotopic (exact) mass is 414 g/mol. The Bertz CT molecular complexity index is 709. The first kappa shape index (κ1) is 22.8. The van der Waals surface area contributed by atoms with Crippen LogP contribution in [0.1, 0.15) is 51.5 Å². The van der Waals surface area contributed by atoms with Crippen LogP contribution in [-0.4, -0.2) is 78.4 Å². The first-order chi connectivity index (χ1) is 14.5. The molecule has 30 heavy (non-hydrogen) atoms. The molecule has 1 aliphatic heterocycles. The number of rotatable bonds is 7. The second-order valence-corrected chi connectivity index (χ2v) is 8.79. The van der Waals surface area contributed by atoms with Crippen molar-refractivity contribution in [2.24, 2.45) is 0 Å². The number of amides is 2. The molecule has 1 aliphatic carbocycles. The molecule has 6 nitrogen and oxygen atoms in total. The Morgan fingerprint density at radius 3 is 2.43 bits per heavy atom. The van der Waals surface area contributed by atoms with E-state index in [0.29, 0.717) is 12.6 Å². The third kappa shape index (κ3) is 5.82. The van der Waals surface area contributed by atoms with E-state index in [1.54, 1.807) is 0 Å². The van der Waals surface area contributed by atoms with Crippen LogP contribution in [0.3, 0.4) is 0 Å². The molecular weight excluding hydrogens is 376 g/mol. The molecule has 3 rings (SSSR count). The summed E-state index contributed by atoms with van der Waals surface area (Å²) in [5.74, 6) is 0.273. The third-order valence-electron chi connectivity index (χ3n) is 6.82. The van der Waals surface area contributed by atoms with Crippen LogP contribution in [0.2, 0.25) is 0 Å². The van der Waals surface area contributed by atoms with Gasteiger partial charge in [-0.1, -0.05) is 44.4 Å². The fourth-order valence-electron chi connectivity index (χ4n) is 4.75. The van der Waals surface area contributed by atoms with Crippen molar-refractivity contribution in [3.8, 4) is 0 Å². The van der Waals surface area contributed by atoms with Crippen molar-refractivity contribution in [1.29, 1.82) is 0 Å². The quantitative estimate of drug-likeness (QED) is 0.745. The van der Waals surface area contributed by atoms with Gasteiger partial charge in [0.15, 0.2) is 0 Å². The number of hydrogen-bond donors (Lipinski definition) is 1. The Hall–Kier alpha value is -1.92. The summed E-state index contributed by atoms with van der Waals surface area (Å²) in [6.07, 6.45) is 6.95. The van der Waals surface area contributed by atoms with Crippen LogP contribution in [-0.2, 0) is 16.0 Å². The summed E-state index contributed by atoms with van der Waals surface area (Å²) in [7, 11) is 1.98. The normalized spacial score (nSPS) is 20.0. The van der Waals surface area contributed by atoms with E-state index in [2.05, 4.69) is 28.1 Å². The number of anilines is 1. The Balaban J connectivity index is 1.44. The van der Waals surface area contributed by atoms with Gasteiger partial charge in [-0.25, -0.2) is 0 Å². The van der Waals surface area contributed by atoms with Crippen molar-refractivity contribution in [1.82, 2.24) is 14.7 Å². The maximum atomic E-state index is 13.0. The number of nitrogens with one attached hydrogen (secondary N) is 1. The van der Waals surface area contributed by atoms with Gasteiger partial charge in [0, 0.05) is 45.0 Å². The summed E-state index contributed by atoms with van der Waals surface area (Å²) in [6, 6.07) is 8.29. The standard InChI is InChI=1S/C24H38N4O2/c1-4-20-10-8-9-13-22(20)25-23(29)18-27-14-16-28(17-15-27)19(2)24(30)26(3)21-11-6-5-7-12-21/h8-10,13,19,21H,4-7,11-12,14-18H2,1-3H3,(H,25,29). The Kier molecular flexibility index (Phi) is 8.28. The van der Waals surface area contributed by atoms with Crippen LogP contribution in [0.4, 0.5) is 5.69 Å². The van der Waals surface area contributed by atoms with Crippen LogP contribution >= 0.6 is 0 Å². The molecule has 1 aromatic carbocycles. The highest BCUT2D eigenvalue weighted by Crippen LogP contribution is 2.23. The van der Waals surface area contributed by atoms with E-state index in [1.807, 2.05) is 37.1 Å². The molecule has 1 aromatic rings. The summed E-state index contributed by atoms with van der Waals surface area (Å²) in [5.41, 5.74) is 2.07. The minimum Gasteiger partial charge on any atom is -0.341 e. The summed E-state index contributed by atoms with van der Waals surface area (Å²) >= 11 is 0. The van der Waals surface area contributed by atoms with Crippen molar-refractivity contribution < 1.29 is 9.59 Å². The fourth-order valence-corrected chi connectivity index (χ4v) is 4.75. The van der Waals surface area contributed by atoms with E-state index in [9.17, 15) is 9.59 Å². The third-order valence-corrected chi connectivity index (χ3v) is 6.82. The van der Waals surface area contributed by atoms with Gasteiger partial charge in [0.1, 0.15) is 0 Å². The summed E-state index contributed by atoms with van der Waals surface area (Å²) in [5, 5.41) is 3.06. The number of likely N-dealkylation sites (N-methyl/N-ethyl adjacent to an activating group) is 1. The average molecular weight is 415 g/mol. The lowest BCUT2D eigenvalue weighted by molar-refractivity contribution is -0.138. The number of benzene rings is 1. The summed E-state index contributed by atoms with van der Waals surface area (Å²) < 4.78 is 0. The van der Waals surface area contributed by atoms with E-state index in [4.69, 9.17) is 0 Å². The Labute approximate surface area is 181 Å². The number of carbonyl (C=O) groups excluding carboxylic acids is 2. The van der Waals surface area contributed by atoms with Gasteiger partial charge >= 0.3 is 0 Å². The smallest absolute Gasteiger partial charge is 0.239 e. The maximum Gasteiger partial charge on any atom is 0.239 e. The van der Waals surface area contributed by atoms with Gasteiger partial charge < -0.3 is 10.2 Å². The zero-order valence-corrected chi connectivity index (χ0v) is 18.9. The molecule has 0 aromatic heterocycles. The van der Waals surface area contributed by atoms with Gasteiger partial charge in [0.05, 0.1) is 12.6 Å². The van der Waals surface area contributed by atoms with Crippen molar-refractivity contribution >= 4 is 17.5 Å². The molecule has 0 radical (unpaired) electrons. The highest BCUT2D eigenvalue weighted by molar-refractivity contribution is 5.93. The van der Waals surface area contributed by atoms with Crippen molar-refractivity contribution in [2.45, 2.75) is 64.5 Å². The molecule has 2 fully saturated rings. The highest BCUT2D eigenvalue weighted by Gasteiger charge is 2.31. The molecule has 6 heteroatoms. The number of carbonyl (C=O) groups is 2. The lowest BCUT2D eigenvalue weighted by Crippen LogP contribution is -2.56. The second kappa shape index (κ2) is 10.9. The lowest BCUT2D eigenvalue weighted by Gasteiger charge is -2.40. The van der Waals surface area contributed by atoms with Crippen LogP contribution in [0.25, 0.3) is 0 Å².